The van der Waals surface area contributed by atoms with Crippen molar-refractivity contribution >= 4 is 17.7 Å². The largest absolute Gasteiger partial charge is 0.493 e. The second-order valence-electron chi connectivity index (χ2n) is 6.28. The minimum Gasteiger partial charge on any atom is -0.493 e. The number of nitrogens with one attached hydrogen (secondary N) is 1. The van der Waals surface area contributed by atoms with Crippen LogP contribution in [0.5, 0.6) is 11.5 Å². The second-order valence-corrected chi connectivity index (χ2v) is 7.26. The number of nitrogens with zero attached hydrogens (tertiary/aromatic N) is 2. The third-order valence-electron chi connectivity index (χ3n) is 4.46. The van der Waals surface area contributed by atoms with Crippen LogP contribution < -0.4 is 14.8 Å². The number of pyridine rings is 1. The Morgan fingerprint density at radius 2 is 2.00 bits per heavy atom. The SMILES string of the molecule is CCN(CC)CCOc1ccc(CNC(=O)c2cccnc2SC(F)F)cc1OC. The smallest absolute Gasteiger partial charge is 0.290 e. The molecule has 1 amide bonds. The van der Waals surface area contributed by atoms with Crippen molar-refractivity contribution in [1.82, 2.24) is 15.2 Å². The number of ether oxygens (including phenoxy) is 2. The van der Waals surface area contributed by atoms with Crippen molar-refractivity contribution in [1.29, 1.82) is 0 Å². The van der Waals surface area contributed by atoms with Gasteiger partial charge >= 0.3 is 0 Å². The molecular weight excluding hydrogens is 412 g/mol. The van der Waals surface area contributed by atoms with Gasteiger partial charge in [0, 0.05) is 19.3 Å². The predicted molar refractivity (Wildman–Crippen MR) is 114 cm³/mol. The van der Waals surface area contributed by atoms with E-state index in [0.717, 1.165) is 25.2 Å². The first-order chi connectivity index (χ1) is 14.5. The number of likely N-dealkylation sites (N-methyl/N-ethyl adjacent to an activating group) is 1. The number of halogens is 2. The van der Waals surface area contributed by atoms with Crippen LogP contribution in [-0.2, 0) is 6.54 Å². The van der Waals surface area contributed by atoms with Gasteiger partial charge in [0.1, 0.15) is 11.6 Å². The molecule has 164 valence electrons. The standard InChI is InChI=1S/C21H27F2N3O3S/c1-4-26(5-2)11-12-29-17-9-8-15(13-18(17)28-3)14-25-19(27)16-7-6-10-24-20(16)30-21(22)23/h6-10,13,21H,4-5,11-12,14H2,1-3H3,(H,25,27). The maximum atomic E-state index is 12.7. The molecule has 0 fully saturated rings. The first-order valence-electron chi connectivity index (χ1n) is 9.68. The van der Waals surface area contributed by atoms with E-state index in [1.54, 1.807) is 19.2 Å². The van der Waals surface area contributed by atoms with Gasteiger partial charge in [0.2, 0.25) is 0 Å². The van der Waals surface area contributed by atoms with E-state index >= 15 is 0 Å². The van der Waals surface area contributed by atoms with Crippen LogP contribution in [0.15, 0.2) is 41.6 Å². The molecule has 1 aromatic carbocycles. The summed E-state index contributed by atoms with van der Waals surface area (Å²) in [6.45, 7) is 7.70. The van der Waals surface area contributed by atoms with Crippen molar-refractivity contribution in [2.45, 2.75) is 31.2 Å². The number of thioether (sulfide) groups is 1. The molecule has 2 rings (SSSR count). The molecule has 0 unspecified atom stereocenters. The minimum atomic E-state index is -2.65. The number of carbonyl (C=O) groups is 1. The van der Waals surface area contributed by atoms with Crippen molar-refractivity contribution in [3.05, 3.63) is 47.7 Å². The van der Waals surface area contributed by atoms with Gasteiger partial charge in [-0.25, -0.2) is 4.98 Å². The molecule has 9 heteroatoms. The number of hydrogen-bond acceptors (Lipinski definition) is 6. The van der Waals surface area contributed by atoms with Gasteiger partial charge in [0.25, 0.3) is 11.7 Å². The van der Waals surface area contributed by atoms with Crippen LogP contribution in [0.25, 0.3) is 0 Å². The summed E-state index contributed by atoms with van der Waals surface area (Å²) in [4.78, 5) is 18.6. The summed E-state index contributed by atoms with van der Waals surface area (Å²) >= 11 is 0.251. The third kappa shape index (κ3) is 7.14. The van der Waals surface area contributed by atoms with Crippen LogP contribution in [0, 0.1) is 0 Å². The number of methoxy groups -OCH3 is 1. The molecule has 0 aliphatic heterocycles. The van der Waals surface area contributed by atoms with Crippen molar-refractivity contribution < 1.29 is 23.0 Å². The van der Waals surface area contributed by atoms with Crippen LogP contribution in [-0.4, -0.2) is 54.9 Å². The fraction of sp³-hybridized carbons (Fsp3) is 0.429. The highest BCUT2D eigenvalue weighted by molar-refractivity contribution is 7.99. The van der Waals surface area contributed by atoms with Crippen LogP contribution in [0.1, 0.15) is 29.8 Å². The number of carbonyl (C=O) groups excluding carboxylic acids is 1. The summed E-state index contributed by atoms with van der Waals surface area (Å²) in [6.07, 6.45) is 1.38. The fourth-order valence-electron chi connectivity index (χ4n) is 2.79. The summed E-state index contributed by atoms with van der Waals surface area (Å²) in [5, 5.41) is 2.73. The molecule has 0 aliphatic rings. The molecule has 0 aliphatic carbocycles. The Kier molecular flexibility index (Phi) is 9.82. The molecule has 0 saturated carbocycles. The molecule has 0 saturated heterocycles. The Morgan fingerprint density at radius 1 is 1.23 bits per heavy atom. The summed E-state index contributed by atoms with van der Waals surface area (Å²) in [7, 11) is 1.55. The molecule has 6 nitrogen and oxygen atoms in total. The van der Waals surface area contributed by atoms with E-state index < -0.39 is 11.7 Å². The maximum absolute atomic E-state index is 12.7. The number of benzene rings is 1. The maximum Gasteiger partial charge on any atom is 0.290 e. The Balaban J connectivity index is 1.98. The van der Waals surface area contributed by atoms with Gasteiger partial charge in [0.05, 0.1) is 12.7 Å². The van der Waals surface area contributed by atoms with E-state index in [1.807, 2.05) is 6.07 Å². The van der Waals surface area contributed by atoms with E-state index in [4.69, 9.17) is 9.47 Å². The van der Waals surface area contributed by atoms with Crippen LogP contribution >= 0.6 is 11.8 Å². The first kappa shape index (κ1) is 23.9. The normalized spacial score (nSPS) is 11.0. The van der Waals surface area contributed by atoms with Crippen LogP contribution in [0.4, 0.5) is 8.78 Å². The molecule has 0 atom stereocenters. The lowest BCUT2D eigenvalue weighted by molar-refractivity contribution is 0.0947. The van der Waals surface area contributed by atoms with Crippen LogP contribution in [0.3, 0.4) is 0 Å². The molecule has 0 radical (unpaired) electrons. The molecule has 1 N–H and O–H groups in total. The van der Waals surface area contributed by atoms with Crippen molar-refractivity contribution in [3.8, 4) is 11.5 Å². The quantitative estimate of drug-likeness (QED) is 0.504. The minimum absolute atomic E-state index is 0.000434. The zero-order valence-corrected chi connectivity index (χ0v) is 18.2. The number of rotatable bonds is 12. The van der Waals surface area contributed by atoms with E-state index in [1.165, 1.54) is 18.3 Å². The number of amides is 1. The van der Waals surface area contributed by atoms with E-state index in [2.05, 4.69) is 29.0 Å². The highest BCUT2D eigenvalue weighted by Crippen LogP contribution is 2.29. The third-order valence-corrected chi connectivity index (χ3v) is 5.18. The summed E-state index contributed by atoms with van der Waals surface area (Å²) in [6, 6.07) is 8.42. The van der Waals surface area contributed by atoms with Gasteiger partial charge < -0.3 is 19.7 Å². The predicted octanol–water partition coefficient (Wildman–Crippen LogP) is 4.06. The van der Waals surface area contributed by atoms with E-state index in [0.29, 0.717) is 18.1 Å². The lowest BCUT2D eigenvalue weighted by Crippen LogP contribution is -2.28. The van der Waals surface area contributed by atoms with Crippen LogP contribution in [0.2, 0.25) is 0 Å². The van der Waals surface area contributed by atoms with Gasteiger partial charge in [-0.3, -0.25) is 4.79 Å². The molecular formula is C21H27F2N3O3S. The number of aromatic nitrogens is 1. The fourth-order valence-corrected chi connectivity index (χ4v) is 3.36. The average Bonchev–Trinajstić information content (AvgIpc) is 2.75. The number of hydrogen-bond donors (Lipinski definition) is 1. The Hall–Kier alpha value is -2.39. The monoisotopic (exact) mass is 439 g/mol. The van der Waals surface area contributed by atoms with E-state index in [9.17, 15) is 13.6 Å². The molecule has 30 heavy (non-hydrogen) atoms. The highest BCUT2D eigenvalue weighted by Gasteiger charge is 2.16. The lowest BCUT2D eigenvalue weighted by Gasteiger charge is -2.19. The van der Waals surface area contributed by atoms with Gasteiger partial charge in [-0.1, -0.05) is 19.9 Å². The summed E-state index contributed by atoms with van der Waals surface area (Å²) in [5.41, 5.74) is 0.911. The molecule has 1 heterocycles. The number of alkyl halides is 2. The molecule has 1 aromatic heterocycles. The van der Waals surface area contributed by atoms with Gasteiger partial charge in [-0.05, 0) is 54.7 Å². The molecule has 0 spiro atoms. The van der Waals surface area contributed by atoms with E-state index in [-0.39, 0.29) is 28.9 Å². The Bertz CT molecular complexity index is 820. The van der Waals surface area contributed by atoms with Gasteiger partial charge in [-0.15, -0.1) is 0 Å². The zero-order valence-electron chi connectivity index (χ0n) is 17.4. The highest BCUT2D eigenvalue weighted by atomic mass is 32.2. The summed E-state index contributed by atoms with van der Waals surface area (Å²) < 4.78 is 36.6. The average molecular weight is 440 g/mol. The van der Waals surface area contributed by atoms with Crippen molar-refractivity contribution in [2.24, 2.45) is 0 Å². The summed E-state index contributed by atoms with van der Waals surface area (Å²) in [5.74, 6) is -1.92. The van der Waals surface area contributed by atoms with Gasteiger partial charge in [0.15, 0.2) is 11.5 Å². The molecule has 2 aromatic rings. The van der Waals surface area contributed by atoms with Gasteiger partial charge in [-0.2, -0.15) is 8.78 Å². The van der Waals surface area contributed by atoms with Crippen molar-refractivity contribution in [3.63, 3.8) is 0 Å². The molecule has 0 bridgehead atoms. The van der Waals surface area contributed by atoms with Crippen molar-refractivity contribution in [2.75, 3.05) is 33.4 Å². The zero-order chi connectivity index (χ0) is 21.9. The second kappa shape index (κ2) is 12.3. The Labute approximate surface area is 180 Å². The topological polar surface area (TPSA) is 63.7 Å². The first-order valence-corrected chi connectivity index (χ1v) is 10.6. The Morgan fingerprint density at radius 3 is 2.67 bits per heavy atom. The lowest BCUT2D eigenvalue weighted by atomic mass is 10.2.